The number of hydrogen-bond acceptors (Lipinski definition) is 11. The number of aromatic nitrogens is 6. The molecule has 4 aromatic heterocycles. The van der Waals surface area contributed by atoms with Crippen molar-refractivity contribution in [2.75, 3.05) is 65.4 Å². The van der Waals surface area contributed by atoms with E-state index >= 15 is 0 Å². The number of benzene rings is 2. The zero-order valence-corrected chi connectivity index (χ0v) is 49.2. The predicted octanol–water partition coefficient (Wildman–Crippen LogP) is 8.93. The number of amides is 3. The van der Waals surface area contributed by atoms with Crippen molar-refractivity contribution in [2.24, 2.45) is 11.8 Å². The molecule has 18 heteroatoms. The van der Waals surface area contributed by atoms with Crippen molar-refractivity contribution in [3.05, 3.63) is 164 Å². The second-order valence-corrected chi connectivity index (χ2v) is 25.2. The van der Waals surface area contributed by atoms with Crippen LogP contribution in [-0.2, 0) is 53.1 Å². The Kier molecular flexibility index (Phi) is 17.3. The summed E-state index contributed by atoms with van der Waals surface area (Å²) < 4.78 is 10.1. The molecule has 4 saturated heterocycles. The third-order valence-electron chi connectivity index (χ3n) is 17.2. The summed E-state index contributed by atoms with van der Waals surface area (Å²) in [7, 11) is 0. The molecule has 6 atom stereocenters. The molecule has 2 aliphatic carbocycles. The molecule has 3 amide bonds. The first-order valence-electron chi connectivity index (χ1n) is 29.3. The maximum absolute atomic E-state index is 14.5. The molecular weight excluding hydrogens is 1060 g/mol. The van der Waals surface area contributed by atoms with Crippen LogP contribution in [0.25, 0.3) is 0 Å². The van der Waals surface area contributed by atoms with E-state index in [1.54, 1.807) is 4.90 Å². The van der Waals surface area contributed by atoms with E-state index in [1.807, 2.05) is 95.0 Å². The van der Waals surface area contributed by atoms with Crippen molar-refractivity contribution in [3.63, 3.8) is 0 Å². The number of aryl methyl sites for hydroxylation is 6. The lowest BCUT2D eigenvalue weighted by Crippen LogP contribution is -2.63. The van der Waals surface area contributed by atoms with E-state index in [0.717, 1.165) is 129 Å². The van der Waals surface area contributed by atoms with E-state index in [1.165, 1.54) is 27.8 Å². The van der Waals surface area contributed by atoms with E-state index in [2.05, 4.69) is 81.7 Å². The Morgan fingerprint density at radius 2 is 1.14 bits per heavy atom. The van der Waals surface area contributed by atoms with Crippen molar-refractivity contribution in [3.8, 4) is 0 Å². The Morgan fingerprint density at radius 1 is 0.617 bits per heavy atom. The number of likely N-dealkylation sites (tertiary alicyclic amines) is 2. The molecule has 0 unspecified atom stereocenters. The standard InChI is InChI=1S/C34H43ClN6O3.C29H35ClN6O/c1-23-18-38(22-37-23)19-24-7-6-14-40(20-24)32(42)29-21-39(15-16-41(29)33(43)44-34(2,3)4)31-28-12-11-27(35)17-26(28)10-9-25-8-5-13-36-30(25)31;1-20-15-34(19-33-20)16-21-4-3-12-36(17-21)29(37)26-18-35(13-11-31-26)28-25-9-8-24(30)14-23(25)7-6-22-5-2-10-32-27(22)28/h5,8,11-13,17-18,22,24,29,31H,6-7,9-10,14-16,19-21H2,1-4H3;2,5,8-10,14-15,19,21,26,28,31H,3-4,6-7,11-13,16-18H2,1H3/t24-,29+,31-;21-,26+,28-/m00/s1. The number of carbonyl (C=O) groups is 3. The average Bonchev–Trinajstić information content (AvgIpc) is 4.25. The minimum absolute atomic E-state index is 0.0155. The highest BCUT2D eigenvalue weighted by Gasteiger charge is 2.44. The fourth-order valence-electron chi connectivity index (χ4n) is 13.5. The van der Waals surface area contributed by atoms with E-state index in [0.29, 0.717) is 51.1 Å². The zero-order chi connectivity index (χ0) is 56.4. The van der Waals surface area contributed by atoms with Gasteiger partial charge in [0.05, 0.1) is 53.6 Å². The Balaban J connectivity index is 0.000000173. The van der Waals surface area contributed by atoms with Crippen LogP contribution in [0.2, 0.25) is 10.0 Å². The SMILES string of the molecule is Cc1cn(C[C@@H]2CCCN(C(=O)[C@H]3CN([C@H]4c5ccc(Cl)cc5CCc5cccnc54)CCN3)C2)cn1.Cc1cn(C[C@@H]2CCCN(C(=O)[C@H]3CN([C@H]4c5ccc(Cl)cc5CCc5cccnc54)CCN3C(=O)OC(C)(C)C)C2)cn1. The molecule has 428 valence electrons. The molecule has 6 aromatic rings. The number of piperidine rings is 2. The number of rotatable bonds is 8. The van der Waals surface area contributed by atoms with Crippen LogP contribution in [0.5, 0.6) is 0 Å². The Labute approximate surface area is 487 Å². The molecule has 0 saturated carbocycles. The van der Waals surface area contributed by atoms with Gasteiger partial charge in [-0.1, -0.05) is 47.5 Å². The summed E-state index contributed by atoms with van der Waals surface area (Å²) in [5.41, 5.74) is 10.9. The van der Waals surface area contributed by atoms with E-state index in [9.17, 15) is 14.4 Å². The Morgan fingerprint density at radius 3 is 1.65 bits per heavy atom. The number of piperazine rings is 2. The fourth-order valence-corrected chi connectivity index (χ4v) is 13.9. The largest absolute Gasteiger partial charge is 0.444 e. The minimum Gasteiger partial charge on any atom is -0.444 e. The molecule has 8 heterocycles. The molecule has 1 N–H and O–H groups in total. The predicted molar refractivity (Wildman–Crippen MR) is 314 cm³/mol. The lowest BCUT2D eigenvalue weighted by molar-refractivity contribution is -0.141. The number of pyridine rings is 2. The van der Waals surface area contributed by atoms with Crippen molar-refractivity contribution < 1.29 is 19.1 Å². The van der Waals surface area contributed by atoms with Gasteiger partial charge in [-0.25, -0.2) is 14.8 Å². The molecule has 2 aromatic carbocycles. The van der Waals surface area contributed by atoms with Gasteiger partial charge in [-0.3, -0.25) is 34.3 Å². The van der Waals surface area contributed by atoms with Crippen molar-refractivity contribution in [2.45, 2.75) is 129 Å². The first kappa shape index (κ1) is 56.7. The maximum Gasteiger partial charge on any atom is 0.411 e. The van der Waals surface area contributed by atoms with E-state index in [4.69, 9.17) is 37.9 Å². The van der Waals surface area contributed by atoms with Gasteiger partial charge < -0.3 is 29.0 Å². The molecule has 6 aliphatic rings. The van der Waals surface area contributed by atoms with E-state index in [-0.39, 0.29) is 29.9 Å². The summed E-state index contributed by atoms with van der Waals surface area (Å²) in [5.74, 6) is 0.992. The number of ether oxygens (including phenoxy) is 1. The highest BCUT2D eigenvalue weighted by Crippen LogP contribution is 2.40. The van der Waals surface area contributed by atoms with Gasteiger partial charge in [0.25, 0.3) is 0 Å². The number of halogens is 2. The summed E-state index contributed by atoms with van der Waals surface area (Å²) in [5, 5.41) is 5.03. The Hall–Kier alpha value is -6.17. The molecule has 4 fully saturated rings. The summed E-state index contributed by atoms with van der Waals surface area (Å²) in [6.07, 6.45) is 19.0. The van der Waals surface area contributed by atoms with Crippen molar-refractivity contribution in [1.29, 1.82) is 0 Å². The summed E-state index contributed by atoms with van der Waals surface area (Å²) in [6.45, 7) is 18.0. The van der Waals surface area contributed by atoms with Gasteiger partial charge in [0.1, 0.15) is 11.6 Å². The normalized spacial score (nSPS) is 23.4. The highest BCUT2D eigenvalue weighted by atomic mass is 35.5. The van der Waals surface area contributed by atoms with Gasteiger partial charge in [0.15, 0.2) is 0 Å². The quantitative estimate of drug-likeness (QED) is 0.156. The van der Waals surface area contributed by atoms with Crippen LogP contribution >= 0.6 is 23.2 Å². The molecule has 12 rings (SSSR count). The van der Waals surface area contributed by atoms with Gasteiger partial charge in [-0.2, -0.15) is 0 Å². The number of nitrogens with one attached hydrogen (secondary N) is 1. The number of imidazole rings is 2. The van der Waals surface area contributed by atoms with Gasteiger partial charge in [-0.15, -0.1) is 0 Å². The van der Waals surface area contributed by atoms with Crippen molar-refractivity contribution in [1.82, 2.24) is 58.9 Å². The molecule has 0 spiro atoms. The minimum atomic E-state index is -0.668. The summed E-state index contributed by atoms with van der Waals surface area (Å²) in [4.78, 5) is 70.8. The molecule has 0 radical (unpaired) electrons. The number of hydrogen-bond donors (Lipinski definition) is 1. The van der Waals surface area contributed by atoms with Gasteiger partial charge >= 0.3 is 6.09 Å². The van der Waals surface area contributed by atoms with Crippen LogP contribution in [0.15, 0.2) is 98.1 Å². The zero-order valence-electron chi connectivity index (χ0n) is 47.7. The molecule has 81 heavy (non-hydrogen) atoms. The van der Waals surface area contributed by atoms with Crippen LogP contribution in [0.4, 0.5) is 4.79 Å². The molecule has 4 aliphatic heterocycles. The monoisotopic (exact) mass is 1140 g/mol. The lowest BCUT2D eigenvalue weighted by Gasteiger charge is -2.46. The number of fused-ring (bicyclic) bond motifs is 4. The van der Waals surface area contributed by atoms with Gasteiger partial charge in [0.2, 0.25) is 11.8 Å². The second-order valence-electron chi connectivity index (χ2n) is 24.3. The van der Waals surface area contributed by atoms with Crippen LogP contribution in [0.1, 0.15) is 115 Å². The summed E-state index contributed by atoms with van der Waals surface area (Å²) >= 11 is 12.8. The third-order valence-corrected chi connectivity index (χ3v) is 17.7. The third kappa shape index (κ3) is 13.2. The first-order chi connectivity index (χ1) is 39.1. The highest BCUT2D eigenvalue weighted by molar-refractivity contribution is 6.31. The maximum atomic E-state index is 14.5. The number of carbonyl (C=O) groups excluding carboxylic acids is 3. The number of nitrogens with zero attached hydrogens (tertiary/aromatic N) is 11. The molecule has 0 bridgehead atoms. The van der Waals surface area contributed by atoms with Crippen LogP contribution in [-0.4, -0.2) is 155 Å². The van der Waals surface area contributed by atoms with Crippen LogP contribution in [0.3, 0.4) is 0 Å². The van der Waals surface area contributed by atoms with Gasteiger partial charge in [-0.05, 0) is 168 Å². The van der Waals surface area contributed by atoms with Crippen molar-refractivity contribution >= 4 is 41.1 Å². The average molecular weight is 1140 g/mol. The molecule has 16 nitrogen and oxygen atoms in total. The van der Waals surface area contributed by atoms with E-state index < -0.39 is 17.7 Å². The smallest absolute Gasteiger partial charge is 0.411 e. The fraction of sp³-hybridized carbons (Fsp3) is 0.508. The second kappa shape index (κ2) is 24.7. The first-order valence-corrected chi connectivity index (χ1v) is 30.1. The Bertz CT molecular complexity index is 3210. The van der Waals surface area contributed by atoms with Crippen LogP contribution in [0, 0.1) is 25.7 Å². The summed E-state index contributed by atoms with van der Waals surface area (Å²) in [6, 6.07) is 19.7. The topological polar surface area (TPSA) is 150 Å². The lowest BCUT2D eigenvalue weighted by atomic mass is 9.94. The van der Waals surface area contributed by atoms with Gasteiger partial charge in [0, 0.05) is 113 Å². The molecular formula is C63H78Cl2N12O4. The van der Waals surface area contributed by atoms with Crippen LogP contribution < -0.4 is 5.32 Å².